The molecule has 0 aliphatic heterocycles. The summed E-state index contributed by atoms with van der Waals surface area (Å²) in [4.78, 5) is 15.7. The van der Waals surface area contributed by atoms with Crippen LogP contribution in [0.15, 0.2) is 17.5 Å². The molecule has 1 amide bonds. The minimum atomic E-state index is 0.0673. The van der Waals surface area contributed by atoms with Crippen molar-refractivity contribution in [2.45, 2.75) is 32.2 Å². The molecule has 1 heterocycles. The highest BCUT2D eigenvalue weighted by atomic mass is 32.1. The van der Waals surface area contributed by atoms with Crippen LogP contribution in [-0.4, -0.2) is 37.6 Å². The number of nitrogens with zero attached hydrogens (tertiary/aromatic N) is 1. The average molecular weight is 296 g/mol. The lowest BCUT2D eigenvalue weighted by atomic mass is 9.66. The summed E-state index contributed by atoms with van der Waals surface area (Å²) in [7, 11) is 1.67. The van der Waals surface area contributed by atoms with Gasteiger partial charge in [0.2, 0.25) is 5.91 Å². The van der Waals surface area contributed by atoms with E-state index in [9.17, 15) is 4.79 Å². The Balaban J connectivity index is 1.95. The Labute approximate surface area is 124 Å². The molecule has 0 radical (unpaired) electrons. The molecular formula is C15H24N2O2S. The molecule has 0 bridgehead atoms. The van der Waals surface area contributed by atoms with Crippen LogP contribution in [0, 0.1) is 5.41 Å². The van der Waals surface area contributed by atoms with Crippen molar-refractivity contribution in [3.05, 3.63) is 22.4 Å². The van der Waals surface area contributed by atoms with Crippen LogP contribution in [-0.2, 0) is 16.1 Å². The Hall–Kier alpha value is -0.910. The average Bonchev–Trinajstić information content (AvgIpc) is 2.91. The van der Waals surface area contributed by atoms with E-state index in [2.05, 4.69) is 6.07 Å². The lowest BCUT2D eigenvalue weighted by Crippen LogP contribution is -2.43. The molecule has 5 heteroatoms. The third-order valence-electron chi connectivity index (χ3n) is 4.22. The molecule has 0 atom stereocenters. The van der Waals surface area contributed by atoms with Crippen LogP contribution in [0.4, 0.5) is 0 Å². The van der Waals surface area contributed by atoms with E-state index in [4.69, 9.17) is 10.5 Å². The molecule has 1 aliphatic rings. The van der Waals surface area contributed by atoms with E-state index in [0.29, 0.717) is 32.7 Å². The predicted octanol–water partition coefficient (Wildman–Crippen LogP) is 2.24. The van der Waals surface area contributed by atoms with E-state index in [-0.39, 0.29) is 11.3 Å². The molecule has 2 rings (SSSR count). The molecule has 0 unspecified atom stereocenters. The molecule has 1 aliphatic carbocycles. The number of thiophene rings is 1. The largest absolute Gasteiger partial charge is 0.383 e. The zero-order valence-electron chi connectivity index (χ0n) is 12.1. The van der Waals surface area contributed by atoms with Crippen molar-refractivity contribution < 1.29 is 9.53 Å². The second-order valence-electron chi connectivity index (χ2n) is 5.62. The van der Waals surface area contributed by atoms with Crippen molar-refractivity contribution in [2.24, 2.45) is 11.1 Å². The minimum Gasteiger partial charge on any atom is -0.383 e. The summed E-state index contributed by atoms with van der Waals surface area (Å²) in [6.45, 7) is 2.52. The lowest BCUT2D eigenvalue weighted by molar-refractivity contribution is -0.136. The number of carbonyl (C=O) groups is 1. The molecule has 0 saturated heterocycles. The summed E-state index contributed by atoms with van der Waals surface area (Å²) in [5, 5.41) is 2.04. The van der Waals surface area contributed by atoms with Crippen LogP contribution >= 0.6 is 11.3 Å². The van der Waals surface area contributed by atoms with Crippen LogP contribution in [0.3, 0.4) is 0 Å². The Bertz CT molecular complexity index is 410. The third kappa shape index (κ3) is 3.81. The minimum absolute atomic E-state index is 0.0673. The van der Waals surface area contributed by atoms with Gasteiger partial charge < -0.3 is 15.4 Å². The van der Waals surface area contributed by atoms with Gasteiger partial charge in [0.1, 0.15) is 0 Å². The number of amides is 1. The van der Waals surface area contributed by atoms with Crippen molar-refractivity contribution >= 4 is 17.2 Å². The Morgan fingerprint density at radius 3 is 2.85 bits per heavy atom. The van der Waals surface area contributed by atoms with E-state index in [1.807, 2.05) is 16.3 Å². The van der Waals surface area contributed by atoms with E-state index < -0.39 is 0 Å². The van der Waals surface area contributed by atoms with Gasteiger partial charge in [0.25, 0.3) is 0 Å². The van der Waals surface area contributed by atoms with Gasteiger partial charge in [-0.3, -0.25) is 4.79 Å². The van der Waals surface area contributed by atoms with Crippen LogP contribution < -0.4 is 5.73 Å². The second kappa shape index (κ2) is 7.20. The molecular weight excluding hydrogens is 272 g/mol. The summed E-state index contributed by atoms with van der Waals surface area (Å²) in [5.41, 5.74) is 5.93. The van der Waals surface area contributed by atoms with Gasteiger partial charge >= 0.3 is 0 Å². The van der Waals surface area contributed by atoms with Crippen molar-refractivity contribution in [3.8, 4) is 0 Å². The van der Waals surface area contributed by atoms with Crippen molar-refractivity contribution in [2.75, 3.05) is 26.8 Å². The molecule has 1 fully saturated rings. The van der Waals surface area contributed by atoms with Crippen molar-refractivity contribution in [1.29, 1.82) is 0 Å². The van der Waals surface area contributed by atoms with Gasteiger partial charge in [-0.15, -0.1) is 11.3 Å². The predicted molar refractivity (Wildman–Crippen MR) is 81.6 cm³/mol. The number of nitrogens with two attached hydrogens (primary N) is 1. The lowest BCUT2D eigenvalue weighted by Gasteiger charge is -2.41. The molecule has 0 spiro atoms. The first-order valence-electron chi connectivity index (χ1n) is 7.18. The van der Waals surface area contributed by atoms with Crippen molar-refractivity contribution in [1.82, 2.24) is 4.90 Å². The third-order valence-corrected chi connectivity index (χ3v) is 5.08. The summed E-state index contributed by atoms with van der Waals surface area (Å²) in [5.74, 6) is 0.209. The molecule has 4 nitrogen and oxygen atoms in total. The fourth-order valence-corrected chi connectivity index (χ4v) is 3.37. The summed E-state index contributed by atoms with van der Waals surface area (Å²) >= 11 is 1.69. The van der Waals surface area contributed by atoms with Crippen LogP contribution in [0.1, 0.15) is 30.6 Å². The Kier molecular flexibility index (Phi) is 5.57. The standard InChI is InChI=1S/C15H24N2O2S/c1-19-8-7-17(11-13-4-2-9-20-13)14(18)10-15(12-16)5-3-6-15/h2,4,9H,3,5-8,10-12,16H2,1H3. The maximum Gasteiger partial charge on any atom is 0.223 e. The molecule has 112 valence electrons. The molecule has 0 aromatic carbocycles. The molecule has 1 aromatic rings. The van der Waals surface area contributed by atoms with Gasteiger partial charge in [0.05, 0.1) is 13.2 Å². The Morgan fingerprint density at radius 1 is 1.55 bits per heavy atom. The van der Waals surface area contributed by atoms with Crippen LogP contribution in [0.25, 0.3) is 0 Å². The molecule has 20 heavy (non-hydrogen) atoms. The first-order chi connectivity index (χ1) is 9.69. The number of methoxy groups -OCH3 is 1. The van der Waals surface area contributed by atoms with E-state index in [1.165, 1.54) is 11.3 Å². The number of ether oxygens (including phenoxy) is 1. The highest BCUT2D eigenvalue weighted by Crippen LogP contribution is 2.43. The number of hydrogen-bond donors (Lipinski definition) is 1. The summed E-state index contributed by atoms with van der Waals surface area (Å²) in [6, 6.07) is 4.09. The van der Waals surface area contributed by atoms with E-state index in [1.54, 1.807) is 18.4 Å². The van der Waals surface area contributed by atoms with Gasteiger partial charge in [-0.1, -0.05) is 12.5 Å². The van der Waals surface area contributed by atoms with Gasteiger partial charge in [-0.05, 0) is 36.2 Å². The monoisotopic (exact) mass is 296 g/mol. The van der Waals surface area contributed by atoms with Crippen LogP contribution in [0.5, 0.6) is 0 Å². The van der Waals surface area contributed by atoms with Crippen LogP contribution in [0.2, 0.25) is 0 Å². The van der Waals surface area contributed by atoms with Gasteiger partial charge in [0.15, 0.2) is 0 Å². The first kappa shape index (κ1) is 15.5. The molecule has 1 aromatic heterocycles. The topological polar surface area (TPSA) is 55.6 Å². The number of hydrogen-bond acceptors (Lipinski definition) is 4. The normalized spacial score (nSPS) is 16.7. The van der Waals surface area contributed by atoms with Gasteiger partial charge in [0, 0.05) is 25.0 Å². The maximum absolute atomic E-state index is 12.6. The zero-order chi connectivity index (χ0) is 14.4. The van der Waals surface area contributed by atoms with E-state index >= 15 is 0 Å². The SMILES string of the molecule is COCCN(Cc1cccs1)C(=O)CC1(CN)CCC1. The smallest absolute Gasteiger partial charge is 0.223 e. The first-order valence-corrected chi connectivity index (χ1v) is 8.06. The molecule has 1 saturated carbocycles. The highest BCUT2D eigenvalue weighted by Gasteiger charge is 2.38. The summed E-state index contributed by atoms with van der Waals surface area (Å²) < 4.78 is 5.12. The number of rotatable bonds is 8. The number of carbonyl (C=O) groups excluding carboxylic acids is 1. The zero-order valence-corrected chi connectivity index (χ0v) is 13.0. The van der Waals surface area contributed by atoms with Gasteiger partial charge in [-0.2, -0.15) is 0 Å². The highest BCUT2D eigenvalue weighted by molar-refractivity contribution is 7.09. The van der Waals surface area contributed by atoms with Crippen molar-refractivity contribution in [3.63, 3.8) is 0 Å². The van der Waals surface area contributed by atoms with Gasteiger partial charge in [-0.25, -0.2) is 0 Å². The maximum atomic E-state index is 12.6. The van der Waals surface area contributed by atoms with E-state index in [0.717, 1.165) is 12.8 Å². The fraction of sp³-hybridized carbons (Fsp3) is 0.667. The second-order valence-corrected chi connectivity index (χ2v) is 6.65. The summed E-state index contributed by atoms with van der Waals surface area (Å²) in [6.07, 6.45) is 3.96. The quantitative estimate of drug-likeness (QED) is 0.800. The molecule has 2 N–H and O–H groups in total. The fourth-order valence-electron chi connectivity index (χ4n) is 2.65. The Morgan fingerprint density at radius 2 is 2.35 bits per heavy atom.